The molecule has 3 nitrogen and oxygen atoms in total. The molecule has 0 bridgehead atoms. The maximum absolute atomic E-state index is 13.0. The van der Waals surface area contributed by atoms with Gasteiger partial charge in [0.05, 0.1) is 22.0 Å². The molecule has 0 amide bonds. The number of anilines is 1. The van der Waals surface area contributed by atoms with E-state index in [4.69, 9.17) is 16.6 Å². The highest BCUT2D eigenvalue weighted by Gasteiger charge is 2.30. The fraction of sp³-hybridized carbons (Fsp3) is 0.636. The van der Waals surface area contributed by atoms with E-state index in [0.29, 0.717) is 12.2 Å². The normalized spacial score (nSPS) is 20.1. The Morgan fingerprint density at radius 2 is 1.85 bits per heavy atom. The van der Waals surface area contributed by atoms with Crippen molar-refractivity contribution in [1.29, 1.82) is 0 Å². The first-order valence-electron chi connectivity index (χ1n) is 9.88. The molecule has 0 spiro atoms. The van der Waals surface area contributed by atoms with Crippen molar-refractivity contribution in [3.8, 4) is 0 Å². The number of rotatable bonds is 4. The summed E-state index contributed by atoms with van der Waals surface area (Å²) in [4.78, 5) is 20.0. The van der Waals surface area contributed by atoms with Crippen LogP contribution in [0.2, 0.25) is 5.02 Å². The van der Waals surface area contributed by atoms with E-state index >= 15 is 0 Å². The molecule has 0 saturated heterocycles. The number of carbonyl (C=O) groups excluding carboxylic acids is 1. The molecule has 4 heteroatoms. The van der Waals surface area contributed by atoms with E-state index in [-0.39, 0.29) is 11.5 Å². The van der Waals surface area contributed by atoms with Crippen LogP contribution in [0.15, 0.2) is 17.1 Å². The van der Waals surface area contributed by atoms with Crippen LogP contribution in [0.3, 0.4) is 0 Å². The van der Waals surface area contributed by atoms with E-state index in [1.807, 2.05) is 19.0 Å². The van der Waals surface area contributed by atoms with Crippen molar-refractivity contribution in [2.24, 2.45) is 10.9 Å². The van der Waals surface area contributed by atoms with Gasteiger partial charge < -0.3 is 4.90 Å². The van der Waals surface area contributed by atoms with Gasteiger partial charge in [-0.15, -0.1) is 0 Å². The van der Waals surface area contributed by atoms with Gasteiger partial charge in [0.15, 0.2) is 0 Å². The molecule has 142 valence electrons. The Morgan fingerprint density at radius 1 is 1.19 bits per heavy atom. The summed E-state index contributed by atoms with van der Waals surface area (Å²) in [6.45, 7) is 4.28. The van der Waals surface area contributed by atoms with Crippen molar-refractivity contribution in [3.63, 3.8) is 0 Å². The van der Waals surface area contributed by atoms with Crippen molar-refractivity contribution >= 4 is 28.8 Å². The number of benzene rings is 1. The summed E-state index contributed by atoms with van der Waals surface area (Å²) < 4.78 is 0. The maximum Gasteiger partial charge on any atom is 0.141 e. The molecule has 1 saturated carbocycles. The SMILES string of the molecule is CN(C)c1cc2c(cc1Cl)CC(C)(C)N=C2CC(=O)C1CCCCCC1. The maximum atomic E-state index is 13.0. The number of aliphatic imine (C=N–C) groups is 1. The van der Waals surface area contributed by atoms with Crippen LogP contribution in [0, 0.1) is 5.92 Å². The van der Waals surface area contributed by atoms with Gasteiger partial charge in [-0.1, -0.05) is 37.3 Å². The zero-order valence-electron chi connectivity index (χ0n) is 16.6. The Morgan fingerprint density at radius 3 is 2.46 bits per heavy atom. The average Bonchev–Trinajstić information content (AvgIpc) is 2.82. The molecule has 0 radical (unpaired) electrons. The first-order chi connectivity index (χ1) is 12.3. The average molecular weight is 375 g/mol. The van der Waals surface area contributed by atoms with Crippen LogP contribution in [0.1, 0.15) is 69.9 Å². The van der Waals surface area contributed by atoms with E-state index in [0.717, 1.165) is 41.2 Å². The van der Waals surface area contributed by atoms with Gasteiger partial charge in [0, 0.05) is 32.0 Å². The molecule has 3 rings (SSSR count). The highest BCUT2D eigenvalue weighted by Crippen LogP contribution is 2.35. The van der Waals surface area contributed by atoms with Crippen molar-refractivity contribution < 1.29 is 4.79 Å². The van der Waals surface area contributed by atoms with Gasteiger partial charge >= 0.3 is 0 Å². The molecule has 1 aromatic rings. The lowest BCUT2D eigenvalue weighted by Crippen LogP contribution is -2.31. The van der Waals surface area contributed by atoms with Crippen LogP contribution in [0.25, 0.3) is 0 Å². The van der Waals surface area contributed by atoms with E-state index in [1.54, 1.807) is 0 Å². The van der Waals surface area contributed by atoms with Crippen molar-refractivity contribution in [3.05, 3.63) is 28.3 Å². The second kappa shape index (κ2) is 7.72. The van der Waals surface area contributed by atoms with Crippen molar-refractivity contribution in [2.45, 2.75) is 70.8 Å². The summed E-state index contributed by atoms with van der Waals surface area (Å²) in [5, 5.41) is 0.765. The number of halogens is 1. The largest absolute Gasteiger partial charge is 0.376 e. The van der Waals surface area contributed by atoms with Crippen LogP contribution in [0.4, 0.5) is 5.69 Å². The summed E-state index contributed by atoms with van der Waals surface area (Å²) in [6.07, 6.45) is 8.32. The molecule has 0 aromatic heterocycles. The Bertz CT molecular complexity index is 713. The van der Waals surface area contributed by atoms with Crippen LogP contribution >= 0.6 is 11.6 Å². The lowest BCUT2D eigenvalue weighted by Gasteiger charge is -2.31. The highest BCUT2D eigenvalue weighted by molar-refractivity contribution is 6.33. The van der Waals surface area contributed by atoms with E-state index < -0.39 is 0 Å². The van der Waals surface area contributed by atoms with Crippen molar-refractivity contribution in [1.82, 2.24) is 0 Å². The monoisotopic (exact) mass is 374 g/mol. The number of nitrogens with zero attached hydrogens (tertiary/aromatic N) is 2. The minimum atomic E-state index is -0.185. The second-order valence-corrected chi connectivity index (χ2v) is 9.14. The standard InChI is InChI=1S/C22H31ClN2O/c1-22(2)14-16-11-18(23)20(25(3)4)12-17(16)19(24-22)13-21(26)15-9-7-5-6-8-10-15/h11-12,15H,5-10,13-14H2,1-4H3. The van der Waals surface area contributed by atoms with Crippen LogP contribution in [-0.2, 0) is 11.2 Å². The molecule has 2 aliphatic rings. The molecule has 26 heavy (non-hydrogen) atoms. The van der Waals surface area contributed by atoms with Crippen LogP contribution in [0.5, 0.6) is 0 Å². The Balaban J connectivity index is 1.91. The zero-order chi connectivity index (χ0) is 18.9. The number of ketones is 1. The van der Waals surface area contributed by atoms with E-state index in [1.165, 1.54) is 31.2 Å². The van der Waals surface area contributed by atoms with E-state index in [2.05, 4.69) is 26.0 Å². The lowest BCUT2D eigenvalue weighted by atomic mass is 9.83. The lowest BCUT2D eigenvalue weighted by molar-refractivity contribution is -0.122. The molecule has 1 aliphatic carbocycles. The number of Topliss-reactive ketones (excluding diaryl/α,β-unsaturated/α-hetero) is 1. The second-order valence-electron chi connectivity index (χ2n) is 8.73. The third-order valence-electron chi connectivity index (χ3n) is 5.68. The van der Waals surface area contributed by atoms with Gasteiger partial charge in [-0.25, -0.2) is 0 Å². The first-order valence-corrected chi connectivity index (χ1v) is 10.3. The number of hydrogen-bond acceptors (Lipinski definition) is 3. The minimum absolute atomic E-state index is 0.185. The third-order valence-corrected chi connectivity index (χ3v) is 5.98. The molecular weight excluding hydrogens is 344 g/mol. The van der Waals surface area contributed by atoms with Crippen molar-refractivity contribution in [2.75, 3.05) is 19.0 Å². The van der Waals surface area contributed by atoms with Gasteiger partial charge in [0.25, 0.3) is 0 Å². The van der Waals surface area contributed by atoms with Gasteiger partial charge in [0.2, 0.25) is 0 Å². The predicted octanol–water partition coefficient (Wildman–Crippen LogP) is 5.46. The Kier molecular flexibility index (Phi) is 5.76. The number of fused-ring (bicyclic) bond motifs is 1. The molecule has 1 heterocycles. The predicted molar refractivity (Wildman–Crippen MR) is 111 cm³/mol. The summed E-state index contributed by atoms with van der Waals surface area (Å²) in [5.41, 5.74) is 4.07. The van der Waals surface area contributed by atoms with Gasteiger partial charge in [0.1, 0.15) is 5.78 Å². The first kappa shape index (κ1) is 19.4. The summed E-state index contributed by atoms with van der Waals surface area (Å²) in [7, 11) is 3.99. The highest BCUT2D eigenvalue weighted by atomic mass is 35.5. The Hall–Kier alpha value is -1.35. The Labute approximate surface area is 162 Å². The summed E-state index contributed by atoms with van der Waals surface area (Å²) >= 11 is 6.49. The van der Waals surface area contributed by atoms with Gasteiger partial charge in [-0.05, 0) is 50.8 Å². The topological polar surface area (TPSA) is 32.7 Å². The van der Waals surface area contributed by atoms with Crippen LogP contribution < -0.4 is 4.90 Å². The summed E-state index contributed by atoms with van der Waals surface area (Å²) in [5.74, 6) is 0.588. The molecule has 0 N–H and O–H groups in total. The molecule has 0 atom stereocenters. The van der Waals surface area contributed by atoms with E-state index in [9.17, 15) is 4.79 Å². The number of hydrogen-bond donors (Lipinski definition) is 0. The summed E-state index contributed by atoms with van der Waals surface area (Å²) in [6, 6.07) is 4.19. The minimum Gasteiger partial charge on any atom is -0.376 e. The fourth-order valence-corrected chi connectivity index (χ4v) is 4.69. The third kappa shape index (κ3) is 4.31. The van der Waals surface area contributed by atoms with Gasteiger partial charge in [-0.3, -0.25) is 9.79 Å². The smallest absolute Gasteiger partial charge is 0.141 e. The molecular formula is C22H31ClN2O. The quantitative estimate of drug-likeness (QED) is 0.655. The van der Waals surface area contributed by atoms with Crippen LogP contribution in [-0.4, -0.2) is 31.1 Å². The molecule has 1 aliphatic heterocycles. The molecule has 1 fully saturated rings. The number of carbonyl (C=O) groups is 1. The molecule has 0 unspecified atom stereocenters. The molecule has 1 aromatic carbocycles. The fourth-order valence-electron chi connectivity index (χ4n) is 4.34. The zero-order valence-corrected chi connectivity index (χ0v) is 17.3. The van der Waals surface area contributed by atoms with Gasteiger partial charge in [-0.2, -0.15) is 0 Å².